The normalized spacial score (nSPS) is 17.4. The SMILES string of the molecule is CCC(Oc1ccc(C)c(C)c1)C(=O)N1CCN(c2ncc3c(n2)CCOC3)CC1. The number of nitrogens with zero attached hydrogens (tertiary/aromatic N) is 4. The van der Waals surface area contributed by atoms with Crippen LogP contribution in [0.3, 0.4) is 0 Å². The van der Waals surface area contributed by atoms with Gasteiger partial charge in [-0.25, -0.2) is 9.97 Å². The highest BCUT2D eigenvalue weighted by Crippen LogP contribution is 2.21. The molecule has 0 saturated carbocycles. The largest absolute Gasteiger partial charge is 0.481 e. The highest BCUT2D eigenvalue weighted by molar-refractivity contribution is 5.81. The molecule has 160 valence electrons. The first kappa shape index (κ1) is 20.6. The lowest BCUT2D eigenvalue weighted by Gasteiger charge is -2.36. The Balaban J connectivity index is 1.36. The van der Waals surface area contributed by atoms with Crippen LogP contribution in [0, 0.1) is 13.8 Å². The highest BCUT2D eigenvalue weighted by atomic mass is 16.5. The highest BCUT2D eigenvalue weighted by Gasteiger charge is 2.29. The molecule has 0 N–H and O–H groups in total. The number of ether oxygens (including phenoxy) is 2. The average molecular weight is 411 g/mol. The van der Waals surface area contributed by atoms with Gasteiger partial charge in [0.1, 0.15) is 5.75 Å². The summed E-state index contributed by atoms with van der Waals surface area (Å²) in [6, 6.07) is 5.97. The van der Waals surface area contributed by atoms with Crippen LogP contribution in [0.15, 0.2) is 24.4 Å². The maximum Gasteiger partial charge on any atom is 0.263 e. The van der Waals surface area contributed by atoms with Gasteiger partial charge in [-0.2, -0.15) is 0 Å². The number of hydrogen-bond donors (Lipinski definition) is 0. The minimum Gasteiger partial charge on any atom is -0.481 e. The van der Waals surface area contributed by atoms with Gasteiger partial charge in [0.2, 0.25) is 5.95 Å². The lowest BCUT2D eigenvalue weighted by Crippen LogP contribution is -2.52. The molecule has 0 aliphatic carbocycles. The van der Waals surface area contributed by atoms with Gasteiger partial charge in [0.25, 0.3) is 5.91 Å². The van der Waals surface area contributed by atoms with Crippen molar-refractivity contribution in [3.05, 3.63) is 46.8 Å². The van der Waals surface area contributed by atoms with E-state index < -0.39 is 6.10 Å². The number of rotatable bonds is 5. The third-order valence-electron chi connectivity index (χ3n) is 5.96. The van der Waals surface area contributed by atoms with Crippen LogP contribution in [-0.4, -0.2) is 59.7 Å². The van der Waals surface area contributed by atoms with Gasteiger partial charge in [0, 0.05) is 44.4 Å². The summed E-state index contributed by atoms with van der Waals surface area (Å²) in [6.07, 6.45) is 2.89. The molecule has 4 rings (SSSR count). The van der Waals surface area contributed by atoms with E-state index >= 15 is 0 Å². The zero-order valence-electron chi connectivity index (χ0n) is 18.1. The molecular formula is C23H30N4O3. The van der Waals surface area contributed by atoms with E-state index in [9.17, 15) is 4.79 Å². The molecule has 1 amide bonds. The van der Waals surface area contributed by atoms with E-state index in [0.717, 1.165) is 42.5 Å². The van der Waals surface area contributed by atoms with E-state index in [2.05, 4.69) is 23.7 Å². The summed E-state index contributed by atoms with van der Waals surface area (Å²) < 4.78 is 11.5. The summed E-state index contributed by atoms with van der Waals surface area (Å²) in [6.45, 7) is 10.2. The van der Waals surface area contributed by atoms with Crippen LogP contribution in [-0.2, 0) is 22.6 Å². The second-order valence-electron chi connectivity index (χ2n) is 8.02. The number of hydrogen-bond acceptors (Lipinski definition) is 6. The smallest absolute Gasteiger partial charge is 0.263 e. The van der Waals surface area contributed by atoms with Crippen LogP contribution in [0.5, 0.6) is 5.75 Å². The Morgan fingerprint density at radius 1 is 1.20 bits per heavy atom. The summed E-state index contributed by atoms with van der Waals surface area (Å²) in [7, 11) is 0. The zero-order valence-corrected chi connectivity index (χ0v) is 18.1. The lowest BCUT2D eigenvalue weighted by molar-refractivity contribution is -0.139. The minimum atomic E-state index is -0.460. The molecular weight excluding hydrogens is 380 g/mol. The second kappa shape index (κ2) is 9.00. The molecule has 0 radical (unpaired) electrons. The zero-order chi connectivity index (χ0) is 21.1. The Morgan fingerprint density at radius 3 is 2.73 bits per heavy atom. The van der Waals surface area contributed by atoms with Gasteiger partial charge < -0.3 is 19.3 Å². The quantitative estimate of drug-likeness (QED) is 0.755. The van der Waals surface area contributed by atoms with Crippen molar-refractivity contribution in [3.63, 3.8) is 0 Å². The summed E-state index contributed by atoms with van der Waals surface area (Å²) in [4.78, 5) is 26.4. The van der Waals surface area contributed by atoms with Crippen molar-refractivity contribution in [1.82, 2.24) is 14.9 Å². The molecule has 3 heterocycles. The first-order chi connectivity index (χ1) is 14.5. The van der Waals surface area contributed by atoms with Crippen molar-refractivity contribution in [2.75, 3.05) is 37.7 Å². The number of anilines is 1. The van der Waals surface area contributed by atoms with Crippen LogP contribution in [0.1, 0.15) is 35.7 Å². The molecule has 7 nitrogen and oxygen atoms in total. The van der Waals surface area contributed by atoms with Crippen LogP contribution in [0.2, 0.25) is 0 Å². The maximum atomic E-state index is 13.1. The Morgan fingerprint density at radius 2 is 2.00 bits per heavy atom. The van der Waals surface area contributed by atoms with Crippen LogP contribution < -0.4 is 9.64 Å². The predicted octanol–water partition coefficient (Wildman–Crippen LogP) is 2.67. The molecule has 7 heteroatoms. The van der Waals surface area contributed by atoms with Gasteiger partial charge in [-0.1, -0.05) is 13.0 Å². The van der Waals surface area contributed by atoms with Crippen molar-refractivity contribution >= 4 is 11.9 Å². The predicted molar refractivity (Wildman–Crippen MR) is 115 cm³/mol. The summed E-state index contributed by atoms with van der Waals surface area (Å²) >= 11 is 0. The molecule has 1 fully saturated rings. The monoisotopic (exact) mass is 410 g/mol. The van der Waals surface area contributed by atoms with Crippen molar-refractivity contribution < 1.29 is 14.3 Å². The Hall–Kier alpha value is -2.67. The minimum absolute atomic E-state index is 0.0545. The molecule has 1 aromatic heterocycles. The third kappa shape index (κ3) is 4.41. The number of fused-ring (bicyclic) bond motifs is 1. The maximum absolute atomic E-state index is 13.1. The lowest BCUT2D eigenvalue weighted by atomic mass is 10.1. The molecule has 2 aliphatic heterocycles. The van der Waals surface area contributed by atoms with Gasteiger partial charge >= 0.3 is 0 Å². The van der Waals surface area contributed by atoms with Gasteiger partial charge in [-0.15, -0.1) is 0 Å². The van der Waals surface area contributed by atoms with E-state index in [1.807, 2.05) is 36.2 Å². The van der Waals surface area contributed by atoms with Crippen LogP contribution in [0.4, 0.5) is 5.95 Å². The number of aryl methyl sites for hydroxylation is 2. The number of amides is 1. The fourth-order valence-corrected chi connectivity index (χ4v) is 3.86. The third-order valence-corrected chi connectivity index (χ3v) is 5.96. The number of carbonyl (C=O) groups is 1. The van der Waals surface area contributed by atoms with Crippen LogP contribution in [0.25, 0.3) is 0 Å². The average Bonchev–Trinajstić information content (AvgIpc) is 2.79. The van der Waals surface area contributed by atoms with Gasteiger partial charge in [0.15, 0.2) is 6.10 Å². The standard InChI is InChI=1S/C23H30N4O3/c1-4-21(30-19-6-5-16(2)17(3)13-19)22(28)26-8-10-27(11-9-26)23-24-14-18-15-29-12-7-20(18)25-23/h5-6,13-14,21H,4,7-12,15H2,1-3H3. The van der Waals surface area contributed by atoms with Crippen LogP contribution >= 0.6 is 0 Å². The fourth-order valence-electron chi connectivity index (χ4n) is 3.86. The summed E-state index contributed by atoms with van der Waals surface area (Å²) in [5.41, 5.74) is 4.54. The molecule has 30 heavy (non-hydrogen) atoms. The van der Waals surface area contributed by atoms with Gasteiger partial charge in [-0.05, 0) is 43.5 Å². The van der Waals surface area contributed by atoms with E-state index in [0.29, 0.717) is 32.7 Å². The molecule has 1 unspecified atom stereocenters. The molecule has 1 aromatic carbocycles. The van der Waals surface area contributed by atoms with Crippen molar-refractivity contribution in [1.29, 1.82) is 0 Å². The molecule has 1 saturated heterocycles. The van der Waals surface area contributed by atoms with Crippen molar-refractivity contribution in [2.45, 2.75) is 46.3 Å². The molecule has 2 aliphatic rings. The van der Waals surface area contributed by atoms with E-state index in [1.165, 1.54) is 11.1 Å². The summed E-state index contributed by atoms with van der Waals surface area (Å²) in [5.74, 6) is 1.56. The first-order valence-electron chi connectivity index (χ1n) is 10.8. The fraction of sp³-hybridized carbons (Fsp3) is 0.522. The summed E-state index contributed by atoms with van der Waals surface area (Å²) in [5, 5.41) is 0. The van der Waals surface area contributed by atoms with E-state index in [4.69, 9.17) is 14.5 Å². The molecule has 0 spiro atoms. The Kier molecular flexibility index (Phi) is 6.18. The topological polar surface area (TPSA) is 67.8 Å². The first-order valence-corrected chi connectivity index (χ1v) is 10.8. The number of aromatic nitrogens is 2. The molecule has 2 aromatic rings. The molecule has 0 bridgehead atoms. The Bertz CT molecular complexity index is 909. The van der Waals surface area contributed by atoms with Crippen molar-refractivity contribution in [3.8, 4) is 5.75 Å². The van der Waals surface area contributed by atoms with Crippen molar-refractivity contribution in [2.24, 2.45) is 0 Å². The number of piperazine rings is 1. The van der Waals surface area contributed by atoms with E-state index in [-0.39, 0.29) is 5.91 Å². The van der Waals surface area contributed by atoms with Gasteiger partial charge in [0.05, 0.1) is 18.9 Å². The number of carbonyl (C=O) groups excluding carboxylic acids is 1. The van der Waals surface area contributed by atoms with E-state index in [1.54, 1.807) is 0 Å². The Labute approximate surface area is 178 Å². The molecule has 1 atom stereocenters. The van der Waals surface area contributed by atoms with Gasteiger partial charge in [-0.3, -0.25) is 4.79 Å². The number of benzene rings is 1. The second-order valence-corrected chi connectivity index (χ2v) is 8.02.